The number of aliphatic hydroxyl groups is 1. The van der Waals surface area contributed by atoms with Crippen molar-refractivity contribution in [3.05, 3.63) is 48.2 Å². The Bertz CT molecular complexity index is 933. The predicted molar refractivity (Wildman–Crippen MR) is 102 cm³/mol. The van der Waals surface area contributed by atoms with Gasteiger partial charge < -0.3 is 10.0 Å². The van der Waals surface area contributed by atoms with Gasteiger partial charge in [-0.1, -0.05) is 30.3 Å². The lowest BCUT2D eigenvalue weighted by atomic mass is 9.61. The van der Waals surface area contributed by atoms with E-state index >= 15 is 0 Å². The second-order valence-electron chi connectivity index (χ2n) is 7.98. The van der Waals surface area contributed by atoms with E-state index in [1.54, 1.807) is 0 Å². The van der Waals surface area contributed by atoms with Crippen molar-refractivity contribution in [1.29, 1.82) is 0 Å². The fourth-order valence-electron chi connectivity index (χ4n) is 4.59. The first-order valence-corrected chi connectivity index (χ1v) is 9.47. The Labute approximate surface area is 153 Å². The van der Waals surface area contributed by atoms with Gasteiger partial charge in [0.05, 0.1) is 18.0 Å². The summed E-state index contributed by atoms with van der Waals surface area (Å²) in [5, 5.41) is 14.2. The maximum atomic E-state index is 9.70. The smallest absolute Gasteiger partial charge is 0.160 e. The molecule has 3 heterocycles. The highest BCUT2D eigenvalue weighted by Gasteiger charge is 2.45. The number of hydrogen-bond acceptors (Lipinski definition) is 4. The minimum atomic E-state index is -0.0739. The molecule has 0 bridgehead atoms. The minimum Gasteiger partial charge on any atom is -0.393 e. The largest absolute Gasteiger partial charge is 0.393 e. The third-order valence-corrected chi connectivity index (χ3v) is 6.19. The van der Waals surface area contributed by atoms with Crippen LogP contribution in [0, 0.1) is 12.3 Å². The molecule has 1 aliphatic heterocycles. The summed E-state index contributed by atoms with van der Waals surface area (Å²) in [4.78, 5) is 7.33. The van der Waals surface area contributed by atoms with Gasteiger partial charge in [-0.25, -0.2) is 9.50 Å². The van der Waals surface area contributed by atoms with Gasteiger partial charge in [0.1, 0.15) is 5.82 Å². The Kier molecular flexibility index (Phi) is 3.54. The monoisotopic (exact) mass is 348 g/mol. The highest BCUT2D eigenvalue weighted by atomic mass is 16.3. The Hall–Kier alpha value is -2.40. The molecule has 2 fully saturated rings. The van der Waals surface area contributed by atoms with Gasteiger partial charge in [-0.2, -0.15) is 5.10 Å². The van der Waals surface area contributed by atoms with E-state index in [2.05, 4.69) is 47.3 Å². The normalized spacial score (nSPS) is 19.8. The van der Waals surface area contributed by atoms with E-state index in [0.29, 0.717) is 5.41 Å². The third kappa shape index (κ3) is 2.50. The summed E-state index contributed by atoms with van der Waals surface area (Å²) in [5.74, 6) is 1.04. The number of benzene rings is 1. The number of anilines is 1. The second-order valence-corrected chi connectivity index (χ2v) is 7.98. The second kappa shape index (κ2) is 5.81. The molecule has 0 unspecified atom stereocenters. The molecule has 5 heteroatoms. The van der Waals surface area contributed by atoms with Crippen LogP contribution in [0.4, 0.5) is 5.82 Å². The molecule has 1 saturated heterocycles. The molecule has 2 aliphatic rings. The molecule has 0 amide bonds. The number of aryl methyl sites for hydroxylation is 1. The van der Waals surface area contributed by atoms with Crippen LogP contribution in [0.5, 0.6) is 0 Å². The van der Waals surface area contributed by atoms with Crippen molar-refractivity contribution in [1.82, 2.24) is 14.6 Å². The lowest BCUT2D eigenvalue weighted by molar-refractivity contribution is -0.0464. The lowest BCUT2D eigenvalue weighted by Crippen LogP contribution is -2.49. The number of fused-ring (bicyclic) bond motifs is 1. The molecular weight excluding hydrogens is 324 g/mol. The van der Waals surface area contributed by atoms with Gasteiger partial charge in [-0.05, 0) is 38.0 Å². The Morgan fingerprint density at radius 2 is 1.85 bits per heavy atom. The number of rotatable bonds is 2. The van der Waals surface area contributed by atoms with E-state index in [0.717, 1.165) is 67.1 Å². The van der Waals surface area contributed by atoms with Gasteiger partial charge >= 0.3 is 0 Å². The van der Waals surface area contributed by atoms with Gasteiger partial charge in [0.2, 0.25) is 0 Å². The van der Waals surface area contributed by atoms with Crippen LogP contribution in [0.15, 0.2) is 42.6 Å². The first-order chi connectivity index (χ1) is 12.6. The van der Waals surface area contributed by atoms with Crippen LogP contribution >= 0.6 is 0 Å². The van der Waals surface area contributed by atoms with Gasteiger partial charge in [0, 0.05) is 30.3 Å². The van der Waals surface area contributed by atoms with E-state index in [-0.39, 0.29) is 6.10 Å². The maximum absolute atomic E-state index is 9.70. The van der Waals surface area contributed by atoms with Crippen LogP contribution in [0.25, 0.3) is 16.9 Å². The summed E-state index contributed by atoms with van der Waals surface area (Å²) < 4.78 is 1.95. The standard InChI is InChI=1S/C21H24N4O/c1-15-14-22-25-18(16-5-3-2-4-6-16)11-19(23-20(15)25)24-9-7-21(8-10-24)12-17(26)13-21/h2-6,11,14,17,26H,7-10,12-13H2,1H3. The number of aliphatic hydroxyl groups excluding tert-OH is 1. The molecule has 26 heavy (non-hydrogen) atoms. The summed E-state index contributed by atoms with van der Waals surface area (Å²) >= 11 is 0. The highest BCUT2D eigenvalue weighted by molar-refractivity contribution is 5.68. The molecule has 3 aromatic rings. The van der Waals surface area contributed by atoms with Crippen molar-refractivity contribution in [3.63, 3.8) is 0 Å². The van der Waals surface area contributed by atoms with E-state index in [1.165, 1.54) is 0 Å². The van der Waals surface area contributed by atoms with Crippen LogP contribution in [0.2, 0.25) is 0 Å². The molecule has 0 radical (unpaired) electrons. The van der Waals surface area contributed by atoms with Gasteiger partial charge in [0.25, 0.3) is 0 Å². The Balaban J connectivity index is 1.52. The van der Waals surface area contributed by atoms with Crippen LogP contribution < -0.4 is 4.90 Å². The SMILES string of the molecule is Cc1cnn2c(-c3ccccc3)cc(N3CCC4(CC3)CC(O)C4)nc12. The van der Waals surface area contributed by atoms with Gasteiger partial charge in [-0.3, -0.25) is 0 Å². The van der Waals surface area contributed by atoms with Crippen LogP contribution in [-0.2, 0) is 0 Å². The van der Waals surface area contributed by atoms with Gasteiger partial charge in [-0.15, -0.1) is 0 Å². The van der Waals surface area contributed by atoms with Crippen molar-refractivity contribution < 1.29 is 5.11 Å². The predicted octanol–water partition coefficient (Wildman–Crippen LogP) is 3.45. The highest BCUT2D eigenvalue weighted by Crippen LogP contribution is 2.49. The fourth-order valence-corrected chi connectivity index (χ4v) is 4.59. The first-order valence-electron chi connectivity index (χ1n) is 9.47. The molecule has 1 N–H and O–H groups in total. The van der Waals surface area contributed by atoms with E-state index < -0.39 is 0 Å². The van der Waals surface area contributed by atoms with Crippen LogP contribution in [0.3, 0.4) is 0 Å². The maximum Gasteiger partial charge on any atom is 0.160 e. The molecular formula is C21H24N4O. The zero-order valence-electron chi connectivity index (χ0n) is 15.1. The van der Waals surface area contributed by atoms with Gasteiger partial charge in [0.15, 0.2) is 5.65 Å². The summed E-state index contributed by atoms with van der Waals surface area (Å²) in [6, 6.07) is 12.6. The molecule has 1 saturated carbocycles. The summed E-state index contributed by atoms with van der Waals surface area (Å²) in [5.41, 5.74) is 4.65. The average molecular weight is 348 g/mol. The Morgan fingerprint density at radius 3 is 2.54 bits per heavy atom. The number of piperidine rings is 1. The summed E-state index contributed by atoms with van der Waals surface area (Å²) in [7, 11) is 0. The average Bonchev–Trinajstić information content (AvgIpc) is 3.02. The molecule has 0 atom stereocenters. The molecule has 5 nitrogen and oxygen atoms in total. The van der Waals surface area contributed by atoms with E-state index in [4.69, 9.17) is 4.98 Å². The zero-order chi connectivity index (χ0) is 17.7. The summed E-state index contributed by atoms with van der Waals surface area (Å²) in [6.45, 7) is 4.09. The van der Waals surface area contributed by atoms with Crippen molar-refractivity contribution in [3.8, 4) is 11.3 Å². The number of hydrogen-bond donors (Lipinski definition) is 1. The molecule has 5 rings (SSSR count). The molecule has 1 spiro atoms. The number of nitrogens with zero attached hydrogens (tertiary/aromatic N) is 4. The molecule has 2 aromatic heterocycles. The molecule has 1 aliphatic carbocycles. The van der Waals surface area contributed by atoms with E-state index in [1.807, 2.05) is 16.8 Å². The lowest BCUT2D eigenvalue weighted by Gasteiger charge is -2.50. The quantitative estimate of drug-likeness (QED) is 0.771. The molecule has 1 aromatic carbocycles. The zero-order valence-corrected chi connectivity index (χ0v) is 15.1. The first kappa shape index (κ1) is 15.8. The van der Waals surface area contributed by atoms with Crippen molar-refractivity contribution in [2.45, 2.75) is 38.7 Å². The number of aromatic nitrogens is 3. The topological polar surface area (TPSA) is 53.7 Å². The molecule has 134 valence electrons. The fraction of sp³-hybridized carbons (Fsp3) is 0.429. The van der Waals surface area contributed by atoms with Crippen molar-refractivity contribution in [2.75, 3.05) is 18.0 Å². The summed E-state index contributed by atoms with van der Waals surface area (Å²) in [6.07, 6.45) is 6.06. The minimum absolute atomic E-state index is 0.0739. The third-order valence-electron chi connectivity index (χ3n) is 6.19. The van der Waals surface area contributed by atoms with E-state index in [9.17, 15) is 5.11 Å². The van der Waals surface area contributed by atoms with Crippen LogP contribution in [-0.4, -0.2) is 38.9 Å². The van der Waals surface area contributed by atoms with Crippen molar-refractivity contribution in [2.24, 2.45) is 5.41 Å². The van der Waals surface area contributed by atoms with Crippen LogP contribution in [0.1, 0.15) is 31.2 Å². The Morgan fingerprint density at radius 1 is 1.12 bits per heavy atom. The van der Waals surface area contributed by atoms with Crippen molar-refractivity contribution >= 4 is 11.5 Å².